The van der Waals surface area contributed by atoms with Crippen molar-refractivity contribution < 1.29 is 4.79 Å². The Kier molecular flexibility index (Phi) is 4.91. The standard InChI is InChI=1S/C14H20N2O/c1-14(2,11-13(15)17)16-10-6-9-12-7-4-3-5-8-12/h3-9,16H,10-11H2,1-2H3,(H2,15,17)/b9-6+. The highest BCUT2D eigenvalue weighted by atomic mass is 16.1. The van der Waals surface area contributed by atoms with Crippen LogP contribution in [0.15, 0.2) is 36.4 Å². The van der Waals surface area contributed by atoms with Crippen LogP contribution >= 0.6 is 0 Å². The first-order valence-electron chi connectivity index (χ1n) is 5.74. The van der Waals surface area contributed by atoms with Crippen LogP contribution in [0.4, 0.5) is 0 Å². The first-order valence-corrected chi connectivity index (χ1v) is 5.74. The third kappa shape index (κ3) is 5.88. The predicted molar refractivity (Wildman–Crippen MR) is 71.4 cm³/mol. The molecular weight excluding hydrogens is 212 g/mol. The van der Waals surface area contributed by atoms with Gasteiger partial charge in [-0.3, -0.25) is 4.79 Å². The lowest BCUT2D eigenvalue weighted by Crippen LogP contribution is -2.42. The molecule has 0 aromatic heterocycles. The van der Waals surface area contributed by atoms with Gasteiger partial charge in [-0.25, -0.2) is 0 Å². The second-order valence-electron chi connectivity index (χ2n) is 4.72. The molecule has 0 aliphatic carbocycles. The highest BCUT2D eigenvalue weighted by Gasteiger charge is 2.18. The summed E-state index contributed by atoms with van der Waals surface area (Å²) in [7, 11) is 0. The Morgan fingerprint density at radius 1 is 1.35 bits per heavy atom. The van der Waals surface area contributed by atoms with Gasteiger partial charge in [-0.1, -0.05) is 42.5 Å². The molecular formula is C14H20N2O. The molecule has 0 spiro atoms. The van der Waals surface area contributed by atoms with E-state index in [9.17, 15) is 4.79 Å². The van der Waals surface area contributed by atoms with Gasteiger partial charge in [0.15, 0.2) is 0 Å². The van der Waals surface area contributed by atoms with Crippen LogP contribution in [-0.4, -0.2) is 18.0 Å². The molecule has 3 N–H and O–H groups in total. The fraction of sp³-hybridized carbons (Fsp3) is 0.357. The summed E-state index contributed by atoms with van der Waals surface area (Å²) < 4.78 is 0. The number of hydrogen-bond acceptors (Lipinski definition) is 2. The number of nitrogens with one attached hydrogen (secondary N) is 1. The van der Waals surface area contributed by atoms with Gasteiger partial charge in [-0.2, -0.15) is 0 Å². The number of carbonyl (C=O) groups excluding carboxylic acids is 1. The van der Waals surface area contributed by atoms with Crippen molar-refractivity contribution in [3.63, 3.8) is 0 Å². The summed E-state index contributed by atoms with van der Waals surface area (Å²) >= 11 is 0. The van der Waals surface area contributed by atoms with Crippen LogP contribution in [0.2, 0.25) is 0 Å². The summed E-state index contributed by atoms with van der Waals surface area (Å²) in [5.74, 6) is -0.283. The van der Waals surface area contributed by atoms with E-state index in [0.717, 1.165) is 6.54 Å². The lowest BCUT2D eigenvalue weighted by atomic mass is 10.0. The molecule has 3 heteroatoms. The molecule has 0 atom stereocenters. The van der Waals surface area contributed by atoms with Crippen LogP contribution in [0.25, 0.3) is 6.08 Å². The molecule has 0 bridgehead atoms. The van der Waals surface area contributed by atoms with Crippen molar-refractivity contribution in [1.29, 1.82) is 0 Å². The molecule has 1 aromatic carbocycles. The van der Waals surface area contributed by atoms with Crippen LogP contribution in [0.5, 0.6) is 0 Å². The molecule has 1 rings (SSSR count). The van der Waals surface area contributed by atoms with E-state index < -0.39 is 0 Å². The summed E-state index contributed by atoms with van der Waals surface area (Å²) in [6, 6.07) is 10.1. The van der Waals surface area contributed by atoms with Crippen molar-refractivity contribution >= 4 is 12.0 Å². The molecule has 0 aliphatic rings. The first-order chi connectivity index (χ1) is 7.99. The van der Waals surface area contributed by atoms with Crippen molar-refractivity contribution in [3.05, 3.63) is 42.0 Å². The monoisotopic (exact) mass is 232 g/mol. The third-order valence-electron chi connectivity index (χ3n) is 2.42. The summed E-state index contributed by atoms with van der Waals surface area (Å²) in [5, 5.41) is 3.27. The van der Waals surface area contributed by atoms with Crippen LogP contribution in [0, 0.1) is 0 Å². The van der Waals surface area contributed by atoms with Crippen LogP contribution < -0.4 is 11.1 Å². The van der Waals surface area contributed by atoms with Gasteiger partial charge in [-0.15, -0.1) is 0 Å². The van der Waals surface area contributed by atoms with Crippen LogP contribution in [0.1, 0.15) is 25.8 Å². The molecule has 0 saturated carbocycles. The molecule has 3 nitrogen and oxygen atoms in total. The Labute approximate surface area is 103 Å². The average Bonchev–Trinajstić information content (AvgIpc) is 2.24. The Morgan fingerprint density at radius 2 is 2.00 bits per heavy atom. The van der Waals surface area contributed by atoms with E-state index in [1.54, 1.807) is 0 Å². The maximum absolute atomic E-state index is 10.8. The van der Waals surface area contributed by atoms with Gasteiger partial charge >= 0.3 is 0 Å². The minimum Gasteiger partial charge on any atom is -0.370 e. The maximum Gasteiger partial charge on any atom is 0.219 e. The Hall–Kier alpha value is -1.61. The van der Waals surface area contributed by atoms with Crippen LogP contribution in [0.3, 0.4) is 0 Å². The fourth-order valence-corrected chi connectivity index (χ4v) is 1.59. The van der Waals surface area contributed by atoms with Crippen molar-refractivity contribution in [2.24, 2.45) is 5.73 Å². The molecule has 17 heavy (non-hydrogen) atoms. The van der Waals surface area contributed by atoms with E-state index in [2.05, 4.69) is 5.32 Å². The Bertz CT molecular complexity index is 382. The highest BCUT2D eigenvalue weighted by molar-refractivity contribution is 5.75. The number of hydrogen-bond donors (Lipinski definition) is 2. The molecule has 92 valence electrons. The highest BCUT2D eigenvalue weighted by Crippen LogP contribution is 2.07. The van der Waals surface area contributed by atoms with E-state index in [1.807, 2.05) is 56.3 Å². The molecule has 1 aromatic rings. The molecule has 0 unspecified atom stereocenters. The summed E-state index contributed by atoms with van der Waals surface area (Å²) in [6.45, 7) is 4.65. The second-order valence-corrected chi connectivity index (χ2v) is 4.72. The van der Waals surface area contributed by atoms with Crippen molar-refractivity contribution in [1.82, 2.24) is 5.32 Å². The molecule has 0 saturated heterocycles. The van der Waals surface area contributed by atoms with Crippen LogP contribution in [-0.2, 0) is 4.79 Å². The van der Waals surface area contributed by atoms with Gasteiger partial charge in [0.1, 0.15) is 0 Å². The second kappa shape index (κ2) is 6.21. The van der Waals surface area contributed by atoms with Crippen molar-refractivity contribution in [2.45, 2.75) is 25.8 Å². The summed E-state index contributed by atoms with van der Waals surface area (Å²) in [5.41, 5.74) is 6.09. The number of benzene rings is 1. The zero-order valence-corrected chi connectivity index (χ0v) is 10.4. The Balaban J connectivity index is 2.37. The first kappa shape index (κ1) is 13.5. The SMILES string of the molecule is CC(C)(CC(N)=O)NC/C=C/c1ccccc1. The predicted octanol–water partition coefficient (Wildman–Crippen LogP) is 1.94. The smallest absolute Gasteiger partial charge is 0.219 e. The molecule has 0 radical (unpaired) electrons. The number of nitrogens with two attached hydrogens (primary N) is 1. The zero-order valence-electron chi connectivity index (χ0n) is 10.4. The van der Waals surface area contributed by atoms with Gasteiger partial charge in [0, 0.05) is 18.5 Å². The zero-order chi connectivity index (χ0) is 12.7. The summed E-state index contributed by atoms with van der Waals surface area (Å²) in [4.78, 5) is 10.8. The maximum atomic E-state index is 10.8. The number of primary amides is 1. The third-order valence-corrected chi connectivity index (χ3v) is 2.42. The van der Waals surface area contributed by atoms with Gasteiger partial charge in [0.2, 0.25) is 5.91 Å². The van der Waals surface area contributed by atoms with E-state index >= 15 is 0 Å². The van der Waals surface area contributed by atoms with Gasteiger partial charge in [0.25, 0.3) is 0 Å². The van der Waals surface area contributed by atoms with Gasteiger partial charge < -0.3 is 11.1 Å². The topological polar surface area (TPSA) is 55.1 Å². The van der Waals surface area contributed by atoms with E-state index in [-0.39, 0.29) is 11.4 Å². The van der Waals surface area contributed by atoms with Gasteiger partial charge in [0.05, 0.1) is 0 Å². The molecule has 0 aliphatic heterocycles. The quantitative estimate of drug-likeness (QED) is 0.787. The van der Waals surface area contributed by atoms with E-state index in [1.165, 1.54) is 5.56 Å². The normalized spacial score (nSPS) is 11.9. The van der Waals surface area contributed by atoms with Crippen molar-refractivity contribution in [2.75, 3.05) is 6.54 Å². The molecule has 0 heterocycles. The minimum absolute atomic E-state index is 0.257. The lowest BCUT2D eigenvalue weighted by Gasteiger charge is -2.23. The summed E-state index contributed by atoms with van der Waals surface area (Å²) in [6.07, 6.45) is 4.43. The van der Waals surface area contributed by atoms with Gasteiger partial charge in [-0.05, 0) is 19.4 Å². The van der Waals surface area contributed by atoms with Crippen molar-refractivity contribution in [3.8, 4) is 0 Å². The molecule has 0 fully saturated rings. The Morgan fingerprint density at radius 3 is 2.59 bits per heavy atom. The fourth-order valence-electron chi connectivity index (χ4n) is 1.59. The van der Waals surface area contributed by atoms with E-state index in [0.29, 0.717) is 6.42 Å². The largest absolute Gasteiger partial charge is 0.370 e. The average molecular weight is 232 g/mol. The number of amides is 1. The lowest BCUT2D eigenvalue weighted by molar-refractivity contribution is -0.119. The van der Waals surface area contributed by atoms with E-state index in [4.69, 9.17) is 5.73 Å². The number of carbonyl (C=O) groups is 1. The molecule has 1 amide bonds. The minimum atomic E-state index is -0.283. The number of rotatable bonds is 6.